The summed E-state index contributed by atoms with van der Waals surface area (Å²) in [6.45, 7) is 7.22. The third kappa shape index (κ3) is 4.39. The molecule has 0 spiro atoms. The van der Waals surface area contributed by atoms with Gasteiger partial charge in [-0.15, -0.1) is 0 Å². The van der Waals surface area contributed by atoms with Crippen molar-refractivity contribution in [2.75, 3.05) is 6.54 Å². The second kappa shape index (κ2) is 7.11. The fourth-order valence-corrected chi connectivity index (χ4v) is 2.03. The number of hydrogen-bond acceptors (Lipinski definition) is 2. The predicted molar refractivity (Wildman–Crippen MR) is 85.1 cm³/mol. The van der Waals surface area contributed by atoms with Gasteiger partial charge < -0.3 is 10.1 Å². The van der Waals surface area contributed by atoms with Crippen molar-refractivity contribution in [3.05, 3.63) is 54.6 Å². The molecule has 0 aromatic heterocycles. The Kier molecular flexibility index (Phi) is 5.19. The van der Waals surface area contributed by atoms with E-state index in [1.807, 2.05) is 18.2 Å². The first-order valence-corrected chi connectivity index (χ1v) is 7.20. The van der Waals surface area contributed by atoms with Crippen molar-refractivity contribution in [3.8, 4) is 16.9 Å². The van der Waals surface area contributed by atoms with Crippen molar-refractivity contribution in [1.29, 1.82) is 0 Å². The van der Waals surface area contributed by atoms with Gasteiger partial charge in [-0.25, -0.2) is 0 Å². The first kappa shape index (κ1) is 14.6. The zero-order valence-corrected chi connectivity index (χ0v) is 12.5. The Hall–Kier alpha value is -1.80. The first-order chi connectivity index (χ1) is 9.65. The van der Waals surface area contributed by atoms with Crippen molar-refractivity contribution in [3.63, 3.8) is 0 Å². The van der Waals surface area contributed by atoms with E-state index >= 15 is 0 Å². The van der Waals surface area contributed by atoms with Crippen LogP contribution in [0.25, 0.3) is 11.1 Å². The fraction of sp³-hybridized carbons (Fsp3) is 0.333. The molecule has 20 heavy (non-hydrogen) atoms. The molecule has 0 fully saturated rings. The van der Waals surface area contributed by atoms with Crippen LogP contribution in [0.3, 0.4) is 0 Å². The highest BCUT2D eigenvalue weighted by Crippen LogP contribution is 2.22. The molecule has 0 heterocycles. The molecule has 0 bridgehead atoms. The summed E-state index contributed by atoms with van der Waals surface area (Å²) in [6, 6.07) is 19.1. The van der Waals surface area contributed by atoms with E-state index in [9.17, 15) is 0 Å². The van der Waals surface area contributed by atoms with Crippen LogP contribution in [-0.4, -0.2) is 18.7 Å². The molecule has 2 aromatic carbocycles. The molecular formula is C18H23NO. The van der Waals surface area contributed by atoms with E-state index < -0.39 is 0 Å². The zero-order valence-electron chi connectivity index (χ0n) is 12.5. The standard InChI is InChI=1S/C18H23NO/c1-14(2)19-13-15(3)20-18-11-9-17(10-12-18)16-7-5-4-6-8-16/h4-12,14-15,19H,13H2,1-3H3. The molecule has 2 rings (SSSR count). The molecule has 1 unspecified atom stereocenters. The van der Waals surface area contributed by atoms with E-state index in [4.69, 9.17) is 4.74 Å². The molecule has 1 N–H and O–H groups in total. The van der Waals surface area contributed by atoms with Crippen LogP contribution >= 0.6 is 0 Å². The van der Waals surface area contributed by atoms with Crippen molar-refractivity contribution < 1.29 is 4.74 Å². The predicted octanol–water partition coefficient (Wildman–Crippen LogP) is 4.12. The highest BCUT2D eigenvalue weighted by atomic mass is 16.5. The van der Waals surface area contributed by atoms with Crippen LogP contribution in [0, 0.1) is 0 Å². The largest absolute Gasteiger partial charge is 0.489 e. The summed E-state index contributed by atoms with van der Waals surface area (Å²) in [5.41, 5.74) is 2.44. The SMILES string of the molecule is CC(C)NCC(C)Oc1ccc(-c2ccccc2)cc1. The summed E-state index contributed by atoms with van der Waals surface area (Å²) in [5, 5.41) is 3.38. The molecule has 0 radical (unpaired) electrons. The lowest BCUT2D eigenvalue weighted by Crippen LogP contribution is -2.33. The second-order valence-electron chi connectivity index (χ2n) is 5.38. The van der Waals surface area contributed by atoms with Crippen LogP contribution in [0.4, 0.5) is 0 Å². The normalized spacial score (nSPS) is 12.4. The first-order valence-electron chi connectivity index (χ1n) is 7.20. The number of ether oxygens (including phenoxy) is 1. The second-order valence-corrected chi connectivity index (χ2v) is 5.38. The maximum atomic E-state index is 5.89. The average molecular weight is 269 g/mol. The number of benzene rings is 2. The fourth-order valence-electron chi connectivity index (χ4n) is 2.03. The molecule has 0 saturated heterocycles. The Labute approximate surface area is 121 Å². The maximum absolute atomic E-state index is 5.89. The Balaban J connectivity index is 1.95. The molecular weight excluding hydrogens is 246 g/mol. The molecule has 0 aliphatic heterocycles. The van der Waals surface area contributed by atoms with E-state index in [1.165, 1.54) is 11.1 Å². The average Bonchev–Trinajstić information content (AvgIpc) is 2.47. The van der Waals surface area contributed by atoms with E-state index in [0.717, 1.165) is 12.3 Å². The van der Waals surface area contributed by atoms with Crippen LogP contribution in [0.5, 0.6) is 5.75 Å². The highest BCUT2D eigenvalue weighted by Gasteiger charge is 2.05. The Morgan fingerprint density at radius 2 is 1.45 bits per heavy atom. The molecule has 2 aromatic rings. The van der Waals surface area contributed by atoms with Gasteiger partial charge in [-0.1, -0.05) is 56.3 Å². The molecule has 0 saturated carbocycles. The van der Waals surface area contributed by atoms with Gasteiger partial charge in [0.25, 0.3) is 0 Å². The van der Waals surface area contributed by atoms with E-state index in [-0.39, 0.29) is 6.10 Å². The summed E-state index contributed by atoms with van der Waals surface area (Å²) in [7, 11) is 0. The molecule has 0 aliphatic carbocycles. The van der Waals surface area contributed by atoms with Crippen molar-refractivity contribution in [2.45, 2.75) is 32.9 Å². The quantitative estimate of drug-likeness (QED) is 0.851. The lowest BCUT2D eigenvalue weighted by molar-refractivity contribution is 0.213. The summed E-state index contributed by atoms with van der Waals surface area (Å²) >= 11 is 0. The number of hydrogen-bond donors (Lipinski definition) is 1. The van der Waals surface area contributed by atoms with Gasteiger partial charge in [-0.2, -0.15) is 0 Å². The van der Waals surface area contributed by atoms with Gasteiger partial charge in [0, 0.05) is 12.6 Å². The minimum atomic E-state index is 0.167. The van der Waals surface area contributed by atoms with Crippen LogP contribution in [0.2, 0.25) is 0 Å². The molecule has 2 nitrogen and oxygen atoms in total. The van der Waals surface area contributed by atoms with Gasteiger partial charge in [-0.05, 0) is 30.2 Å². The number of rotatable bonds is 6. The van der Waals surface area contributed by atoms with Crippen LogP contribution in [0.1, 0.15) is 20.8 Å². The van der Waals surface area contributed by atoms with Crippen molar-refractivity contribution in [2.24, 2.45) is 0 Å². The zero-order chi connectivity index (χ0) is 14.4. The van der Waals surface area contributed by atoms with E-state index in [0.29, 0.717) is 6.04 Å². The van der Waals surface area contributed by atoms with Gasteiger partial charge in [0.2, 0.25) is 0 Å². The van der Waals surface area contributed by atoms with Gasteiger partial charge in [0.15, 0.2) is 0 Å². The van der Waals surface area contributed by atoms with Crippen LogP contribution < -0.4 is 10.1 Å². The highest BCUT2D eigenvalue weighted by molar-refractivity contribution is 5.63. The topological polar surface area (TPSA) is 21.3 Å². The lowest BCUT2D eigenvalue weighted by atomic mass is 10.1. The Bertz CT molecular complexity index is 505. The third-order valence-electron chi connectivity index (χ3n) is 3.11. The van der Waals surface area contributed by atoms with Gasteiger partial charge in [0.1, 0.15) is 11.9 Å². The minimum absolute atomic E-state index is 0.167. The van der Waals surface area contributed by atoms with Crippen molar-refractivity contribution >= 4 is 0 Å². The number of nitrogens with one attached hydrogen (secondary N) is 1. The van der Waals surface area contributed by atoms with E-state index in [2.05, 4.69) is 62.5 Å². The van der Waals surface area contributed by atoms with Crippen molar-refractivity contribution in [1.82, 2.24) is 5.32 Å². The summed E-state index contributed by atoms with van der Waals surface area (Å²) in [5.74, 6) is 0.919. The maximum Gasteiger partial charge on any atom is 0.119 e. The Morgan fingerprint density at radius 3 is 2.05 bits per heavy atom. The molecule has 0 aliphatic rings. The molecule has 106 valence electrons. The van der Waals surface area contributed by atoms with E-state index in [1.54, 1.807) is 0 Å². The van der Waals surface area contributed by atoms with Crippen LogP contribution in [-0.2, 0) is 0 Å². The van der Waals surface area contributed by atoms with Gasteiger partial charge >= 0.3 is 0 Å². The van der Waals surface area contributed by atoms with Gasteiger partial charge in [0.05, 0.1) is 0 Å². The lowest BCUT2D eigenvalue weighted by Gasteiger charge is -2.17. The Morgan fingerprint density at radius 1 is 0.850 bits per heavy atom. The minimum Gasteiger partial charge on any atom is -0.489 e. The monoisotopic (exact) mass is 269 g/mol. The molecule has 0 amide bonds. The summed E-state index contributed by atoms with van der Waals surface area (Å²) < 4.78 is 5.89. The third-order valence-corrected chi connectivity index (χ3v) is 3.11. The summed E-state index contributed by atoms with van der Waals surface area (Å²) in [4.78, 5) is 0. The molecule has 1 atom stereocenters. The molecule has 2 heteroatoms. The summed E-state index contributed by atoms with van der Waals surface area (Å²) in [6.07, 6.45) is 0.167. The van der Waals surface area contributed by atoms with Crippen LogP contribution in [0.15, 0.2) is 54.6 Å². The van der Waals surface area contributed by atoms with Gasteiger partial charge in [-0.3, -0.25) is 0 Å². The smallest absolute Gasteiger partial charge is 0.119 e.